The third-order valence-corrected chi connectivity index (χ3v) is 5.44. The molecule has 0 saturated heterocycles. The number of benzene rings is 3. The van der Waals surface area contributed by atoms with E-state index < -0.39 is 0 Å². The Morgan fingerprint density at radius 2 is 1.52 bits per heavy atom. The first-order valence-corrected chi connectivity index (χ1v) is 10.3. The third kappa shape index (κ3) is 4.89. The summed E-state index contributed by atoms with van der Waals surface area (Å²) >= 11 is 1.62. The summed E-state index contributed by atoms with van der Waals surface area (Å²) in [7, 11) is 0. The topological polar surface area (TPSA) is 54.0 Å². The van der Waals surface area contributed by atoms with Gasteiger partial charge >= 0.3 is 0 Å². The highest BCUT2D eigenvalue weighted by Crippen LogP contribution is 2.24. The van der Waals surface area contributed by atoms with Crippen LogP contribution in [0.2, 0.25) is 0 Å². The van der Waals surface area contributed by atoms with Gasteiger partial charge in [0.05, 0.1) is 17.8 Å². The molecular formula is C24H21N3OS. The number of aromatic nitrogens is 1. The zero-order valence-corrected chi connectivity index (χ0v) is 16.7. The highest BCUT2D eigenvalue weighted by molar-refractivity contribution is 7.13. The van der Waals surface area contributed by atoms with Gasteiger partial charge in [0.2, 0.25) is 0 Å². The van der Waals surface area contributed by atoms with Crippen LogP contribution in [0.4, 0.5) is 5.69 Å². The lowest BCUT2D eigenvalue weighted by Crippen LogP contribution is -2.23. The average molecular weight is 400 g/mol. The predicted molar refractivity (Wildman–Crippen MR) is 119 cm³/mol. The Kier molecular flexibility index (Phi) is 5.98. The zero-order valence-electron chi connectivity index (χ0n) is 15.8. The minimum atomic E-state index is -0.0970. The maximum atomic E-state index is 12.7. The van der Waals surface area contributed by atoms with E-state index in [1.807, 2.05) is 78.2 Å². The van der Waals surface area contributed by atoms with Crippen LogP contribution in [0.3, 0.4) is 0 Å². The van der Waals surface area contributed by atoms with Crippen LogP contribution >= 0.6 is 11.3 Å². The highest BCUT2D eigenvalue weighted by Gasteiger charge is 2.11. The predicted octanol–water partition coefficient (Wildman–Crippen LogP) is 5.35. The molecule has 1 heterocycles. The summed E-state index contributed by atoms with van der Waals surface area (Å²) in [5.41, 5.74) is 4.56. The van der Waals surface area contributed by atoms with Crippen LogP contribution in [0.15, 0.2) is 90.3 Å². The van der Waals surface area contributed by atoms with E-state index in [1.54, 1.807) is 11.3 Å². The molecule has 0 fully saturated rings. The van der Waals surface area contributed by atoms with Crippen molar-refractivity contribution in [2.45, 2.75) is 13.1 Å². The van der Waals surface area contributed by atoms with E-state index in [-0.39, 0.29) is 5.91 Å². The van der Waals surface area contributed by atoms with Crippen LogP contribution in [0.25, 0.3) is 10.6 Å². The number of anilines is 1. The number of thiazole rings is 1. The van der Waals surface area contributed by atoms with Gasteiger partial charge in [-0.1, -0.05) is 72.8 Å². The first-order chi connectivity index (χ1) is 14.3. The van der Waals surface area contributed by atoms with Crippen LogP contribution < -0.4 is 10.6 Å². The van der Waals surface area contributed by atoms with Crippen molar-refractivity contribution >= 4 is 22.9 Å². The quantitative estimate of drug-likeness (QED) is 0.440. The smallest absolute Gasteiger partial charge is 0.253 e. The maximum Gasteiger partial charge on any atom is 0.253 e. The summed E-state index contributed by atoms with van der Waals surface area (Å²) in [5.74, 6) is -0.0970. The fourth-order valence-electron chi connectivity index (χ4n) is 3.00. The van der Waals surface area contributed by atoms with Crippen molar-refractivity contribution in [2.24, 2.45) is 0 Å². The Hall–Kier alpha value is -3.44. The highest BCUT2D eigenvalue weighted by atomic mass is 32.1. The number of nitrogens with one attached hydrogen (secondary N) is 2. The molecule has 0 saturated carbocycles. The standard InChI is InChI=1S/C24H21N3OS/c28-23(26-15-18-9-3-1-4-10-18)21-13-7-8-14-22(21)25-16-20-17-29-24(27-20)19-11-5-2-6-12-19/h1-14,17,25H,15-16H2,(H,26,28). The van der Waals surface area contributed by atoms with Crippen LogP contribution in [-0.4, -0.2) is 10.9 Å². The lowest BCUT2D eigenvalue weighted by atomic mass is 10.1. The molecule has 144 valence electrons. The number of amides is 1. The van der Waals surface area contributed by atoms with Gasteiger partial charge in [-0.2, -0.15) is 0 Å². The number of carbonyl (C=O) groups is 1. The van der Waals surface area contributed by atoms with Gasteiger partial charge < -0.3 is 10.6 Å². The van der Waals surface area contributed by atoms with E-state index in [1.165, 1.54) is 0 Å². The van der Waals surface area contributed by atoms with E-state index in [4.69, 9.17) is 4.98 Å². The van der Waals surface area contributed by atoms with E-state index in [9.17, 15) is 4.79 Å². The van der Waals surface area contributed by atoms with Crippen LogP contribution in [0.1, 0.15) is 21.6 Å². The minimum Gasteiger partial charge on any atom is -0.379 e. The number of carbonyl (C=O) groups excluding carboxylic acids is 1. The van der Waals surface area contributed by atoms with Crippen molar-refractivity contribution < 1.29 is 4.79 Å². The molecule has 0 atom stereocenters. The first-order valence-electron chi connectivity index (χ1n) is 9.44. The second-order valence-electron chi connectivity index (χ2n) is 6.58. The molecule has 4 rings (SSSR count). The van der Waals surface area contributed by atoms with Crippen molar-refractivity contribution in [1.82, 2.24) is 10.3 Å². The lowest BCUT2D eigenvalue weighted by Gasteiger charge is -2.11. The summed E-state index contributed by atoms with van der Waals surface area (Å²) in [6, 6.07) is 27.6. The van der Waals surface area contributed by atoms with Gasteiger partial charge in [-0.15, -0.1) is 11.3 Å². The number of hydrogen-bond acceptors (Lipinski definition) is 4. The third-order valence-electron chi connectivity index (χ3n) is 4.50. The minimum absolute atomic E-state index is 0.0970. The molecule has 4 aromatic rings. The van der Waals surface area contributed by atoms with Crippen molar-refractivity contribution in [1.29, 1.82) is 0 Å². The number of rotatable bonds is 7. The molecule has 5 heteroatoms. The second kappa shape index (κ2) is 9.17. The Bertz CT molecular complexity index is 1080. The van der Waals surface area contributed by atoms with Crippen LogP contribution in [0, 0.1) is 0 Å². The molecule has 2 N–H and O–H groups in total. The van der Waals surface area contributed by atoms with Gasteiger partial charge in [0.1, 0.15) is 5.01 Å². The van der Waals surface area contributed by atoms with E-state index >= 15 is 0 Å². The summed E-state index contributed by atoms with van der Waals surface area (Å²) in [6.45, 7) is 1.06. The Labute approximate surface area is 174 Å². The fourth-order valence-corrected chi connectivity index (χ4v) is 3.82. The lowest BCUT2D eigenvalue weighted by molar-refractivity contribution is 0.0951. The van der Waals surface area contributed by atoms with E-state index in [0.717, 1.165) is 27.5 Å². The van der Waals surface area contributed by atoms with E-state index in [0.29, 0.717) is 18.7 Å². The van der Waals surface area contributed by atoms with Gasteiger partial charge in [0.15, 0.2) is 0 Å². The number of para-hydroxylation sites is 1. The van der Waals surface area contributed by atoms with Gasteiger partial charge in [0, 0.05) is 23.2 Å². The molecule has 29 heavy (non-hydrogen) atoms. The molecule has 0 bridgehead atoms. The van der Waals surface area contributed by atoms with Crippen LogP contribution in [0.5, 0.6) is 0 Å². The van der Waals surface area contributed by atoms with Gasteiger partial charge in [-0.05, 0) is 17.7 Å². The summed E-state index contributed by atoms with van der Waals surface area (Å²) in [4.78, 5) is 17.4. The van der Waals surface area contributed by atoms with Crippen molar-refractivity contribution in [3.8, 4) is 10.6 Å². The molecule has 0 aliphatic rings. The second-order valence-corrected chi connectivity index (χ2v) is 7.44. The molecular weight excluding hydrogens is 378 g/mol. The normalized spacial score (nSPS) is 10.5. The Balaban J connectivity index is 1.41. The molecule has 0 aliphatic heterocycles. The molecule has 0 aliphatic carbocycles. The molecule has 4 nitrogen and oxygen atoms in total. The Morgan fingerprint density at radius 1 is 0.828 bits per heavy atom. The van der Waals surface area contributed by atoms with E-state index in [2.05, 4.69) is 22.8 Å². The molecule has 0 radical (unpaired) electrons. The van der Waals surface area contributed by atoms with Gasteiger partial charge in [0.25, 0.3) is 5.91 Å². The van der Waals surface area contributed by atoms with Gasteiger partial charge in [-0.3, -0.25) is 4.79 Å². The van der Waals surface area contributed by atoms with Crippen molar-refractivity contribution in [3.05, 3.63) is 107 Å². The molecule has 1 amide bonds. The monoisotopic (exact) mass is 399 g/mol. The molecule has 0 unspecified atom stereocenters. The van der Waals surface area contributed by atoms with Crippen molar-refractivity contribution in [3.63, 3.8) is 0 Å². The summed E-state index contributed by atoms with van der Waals surface area (Å²) in [5, 5.41) is 9.39. The molecule has 3 aromatic carbocycles. The number of hydrogen-bond donors (Lipinski definition) is 2. The first kappa shape index (κ1) is 18.9. The molecule has 0 spiro atoms. The summed E-state index contributed by atoms with van der Waals surface area (Å²) in [6.07, 6.45) is 0. The average Bonchev–Trinajstić information content (AvgIpc) is 3.27. The van der Waals surface area contributed by atoms with Crippen LogP contribution in [-0.2, 0) is 13.1 Å². The molecule has 1 aromatic heterocycles. The summed E-state index contributed by atoms with van der Waals surface area (Å²) < 4.78 is 0. The van der Waals surface area contributed by atoms with Crippen molar-refractivity contribution in [2.75, 3.05) is 5.32 Å². The maximum absolute atomic E-state index is 12.7. The van der Waals surface area contributed by atoms with Gasteiger partial charge in [-0.25, -0.2) is 4.98 Å². The number of nitrogens with zero attached hydrogens (tertiary/aromatic N) is 1. The Morgan fingerprint density at radius 3 is 2.31 bits per heavy atom. The SMILES string of the molecule is O=C(NCc1ccccc1)c1ccccc1NCc1csc(-c2ccccc2)n1. The largest absolute Gasteiger partial charge is 0.379 e. The fraction of sp³-hybridized carbons (Fsp3) is 0.0833. The zero-order chi connectivity index (χ0) is 19.9.